The topological polar surface area (TPSA) is 168 Å². The number of ether oxygens (including phenoxy) is 2. The van der Waals surface area contributed by atoms with E-state index in [1.165, 1.54) is 30.6 Å². The molecule has 0 aromatic heterocycles. The quantitative estimate of drug-likeness (QED) is 0.112. The number of likely N-dealkylation sites (tertiary alicyclic amines) is 2. The molecule has 6 saturated carbocycles. The van der Waals surface area contributed by atoms with E-state index in [4.69, 9.17) is 40.7 Å². The first kappa shape index (κ1) is 56.4. The van der Waals surface area contributed by atoms with Gasteiger partial charge in [-0.25, -0.2) is 9.59 Å². The zero-order valence-corrected chi connectivity index (χ0v) is 43.2. The minimum Gasteiger partial charge on any atom is -0.451 e. The van der Waals surface area contributed by atoms with Crippen molar-refractivity contribution in [1.29, 1.82) is 0 Å². The molecule has 388 valence electrons. The molecule has 6 aliphatic carbocycles. The van der Waals surface area contributed by atoms with Gasteiger partial charge in [0.2, 0.25) is 11.8 Å². The second kappa shape index (κ2) is 22.7. The molecule has 2 aromatic rings. The Balaban J connectivity index is 0.000000191. The maximum absolute atomic E-state index is 12.8. The summed E-state index contributed by atoms with van der Waals surface area (Å²) >= 11 is 4.98. The van der Waals surface area contributed by atoms with E-state index in [1.54, 1.807) is 9.80 Å². The van der Waals surface area contributed by atoms with Crippen LogP contribution in [0.15, 0.2) is 86.0 Å². The van der Waals surface area contributed by atoms with Crippen LogP contribution in [0.3, 0.4) is 0 Å². The lowest BCUT2D eigenvalue weighted by Crippen LogP contribution is -2.65. The molecule has 18 heteroatoms. The molecule has 12 atom stereocenters. The van der Waals surface area contributed by atoms with Crippen LogP contribution in [-0.2, 0) is 50.5 Å². The Hall–Kier alpha value is -3.89. The van der Waals surface area contributed by atoms with Crippen LogP contribution >= 0.6 is 24.0 Å². The van der Waals surface area contributed by atoms with Crippen LogP contribution in [0.5, 0.6) is 0 Å². The first-order valence-electron chi connectivity index (χ1n) is 24.9. The second-order valence-corrected chi connectivity index (χ2v) is 22.3. The summed E-state index contributed by atoms with van der Waals surface area (Å²) in [6.45, 7) is 22.4. The zero-order chi connectivity index (χ0) is 49.5. The first-order valence-corrected chi connectivity index (χ1v) is 25.3. The number of nitrogens with two attached hydrogens (primary N) is 1. The average molecular weight is 1020 g/mol. The molecule has 71 heavy (non-hydrogen) atoms. The van der Waals surface area contributed by atoms with Crippen molar-refractivity contribution >= 4 is 61.6 Å². The van der Waals surface area contributed by atoms with Gasteiger partial charge in [0.25, 0.3) is 0 Å². The molecule has 14 nitrogen and oxygen atoms in total. The van der Waals surface area contributed by atoms with Gasteiger partial charge in [0.15, 0.2) is 0 Å². The van der Waals surface area contributed by atoms with Gasteiger partial charge < -0.3 is 48.9 Å². The average Bonchev–Trinajstić information content (AvgIpc) is 3.86. The third kappa shape index (κ3) is 11.4. The summed E-state index contributed by atoms with van der Waals surface area (Å²) in [4.78, 5) is 49.2. The third-order valence-corrected chi connectivity index (χ3v) is 17.6. The van der Waals surface area contributed by atoms with Gasteiger partial charge in [-0.2, -0.15) is 0 Å². The van der Waals surface area contributed by atoms with Gasteiger partial charge in [-0.15, -0.1) is 12.4 Å². The molecule has 0 unspecified atom stereocenters. The Morgan fingerprint density at radius 3 is 1.59 bits per heavy atom. The number of benzene rings is 2. The van der Waals surface area contributed by atoms with Crippen LogP contribution in [0.2, 0.25) is 0 Å². The lowest BCUT2D eigenvalue weighted by atomic mass is 9.43. The summed E-state index contributed by atoms with van der Waals surface area (Å²) < 4.78 is 35.9. The van der Waals surface area contributed by atoms with Crippen molar-refractivity contribution in [2.75, 3.05) is 26.3 Å². The molecule has 4 saturated heterocycles. The van der Waals surface area contributed by atoms with Crippen molar-refractivity contribution in [3.8, 4) is 0 Å². The summed E-state index contributed by atoms with van der Waals surface area (Å²) in [5.74, 6) is 1.72. The number of nitrogens with zero attached hydrogens (tertiary/aromatic N) is 2. The molecule has 12 rings (SSSR count). The van der Waals surface area contributed by atoms with E-state index in [1.807, 2.05) is 36.4 Å². The fraction of sp³-hybridized carbons (Fsp3) is 0.623. The third-order valence-electron chi connectivity index (χ3n) is 17.5. The Morgan fingerprint density at radius 2 is 1.17 bits per heavy atom. The van der Waals surface area contributed by atoms with Crippen LogP contribution in [0.1, 0.15) is 98.6 Å². The van der Waals surface area contributed by atoms with E-state index >= 15 is 0 Å². The van der Waals surface area contributed by atoms with Crippen LogP contribution in [-0.4, -0.2) is 121 Å². The molecule has 0 spiro atoms. The molecule has 4 bridgehead atoms. The molecular formula is C53H76B2Cl2N4O10. The van der Waals surface area contributed by atoms with Crippen molar-refractivity contribution in [3.63, 3.8) is 0 Å². The van der Waals surface area contributed by atoms with Crippen molar-refractivity contribution in [2.24, 2.45) is 40.2 Å². The molecule has 4 aliphatic heterocycles. The molecule has 3 amide bonds. The monoisotopic (exact) mass is 1020 g/mol. The summed E-state index contributed by atoms with van der Waals surface area (Å²) in [5.41, 5.74) is 8.03. The Kier molecular flexibility index (Phi) is 18.0. The first-order chi connectivity index (χ1) is 32.8. The minimum absolute atomic E-state index is 0. The standard InChI is InChI=1S/C26H35BN2O5.C18H26BNO2.C8H10ClNO3.CH4.ClH/c1-5-23(30)29-12-11-19(29)16-32-24(31)28-22(13-17-9-7-6-8-10-17)27-33-21-15-18-14-20(25(18,2)3)26(21,4)34-27;1-17(2)13-10-14(17)18(3)15(11-13)21-19(22-18)16(20)9-12-7-5-4-6-8-12;1-2-7(11)10-4-3-6(10)5-13-8(9)12;;/h5-10,18-22H,1,11-16H2,2-4H3,(H,28,31);4-8,13-16H,9-11,20H2,1-3H3;2,6H,1,3-5H2;1H4;1H/t18-,19-,20-,21+,22-,26-;13-,14-,15+,16-,18-;6-;;/m000../s1. The van der Waals surface area contributed by atoms with Crippen molar-refractivity contribution in [3.05, 3.63) is 97.1 Å². The molecule has 2 aromatic carbocycles. The number of hydrogen-bond acceptors (Lipinski definition) is 11. The van der Waals surface area contributed by atoms with Crippen LogP contribution in [0, 0.1) is 34.5 Å². The van der Waals surface area contributed by atoms with E-state index in [2.05, 4.69) is 89.0 Å². The molecule has 0 radical (unpaired) electrons. The van der Waals surface area contributed by atoms with Crippen molar-refractivity contribution in [2.45, 2.75) is 148 Å². The van der Waals surface area contributed by atoms with E-state index in [-0.39, 0.29) is 105 Å². The molecule has 4 heterocycles. The lowest BCUT2D eigenvalue weighted by Gasteiger charge is -2.64. The summed E-state index contributed by atoms with van der Waals surface area (Å²) in [6, 6.07) is 20.3. The van der Waals surface area contributed by atoms with Gasteiger partial charge >= 0.3 is 25.8 Å². The number of amides is 3. The normalized spacial score (nSPS) is 32.3. The fourth-order valence-electron chi connectivity index (χ4n) is 12.8. The van der Waals surface area contributed by atoms with Crippen molar-refractivity contribution in [1.82, 2.24) is 15.1 Å². The van der Waals surface area contributed by atoms with Gasteiger partial charge in [0.05, 0.1) is 41.4 Å². The Bertz CT molecular complexity index is 2210. The van der Waals surface area contributed by atoms with Crippen LogP contribution < -0.4 is 11.1 Å². The second-order valence-electron chi connectivity index (χ2n) is 22.0. The number of nitrogens with one attached hydrogen (secondary N) is 1. The number of halogens is 2. The smallest absolute Gasteiger partial charge is 0.451 e. The van der Waals surface area contributed by atoms with Crippen LogP contribution in [0.4, 0.5) is 9.59 Å². The molecule has 3 N–H and O–H groups in total. The maximum atomic E-state index is 12.8. The highest BCUT2D eigenvalue weighted by molar-refractivity contribution is 6.61. The summed E-state index contributed by atoms with van der Waals surface area (Å²) in [5, 5.41) is 3.01. The molecule has 10 fully saturated rings. The molecular weight excluding hydrogens is 945 g/mol. The van der Waals surface area contributed by atoms with Gasteiger partial charge in [-0.05, 0) is 123 Å². The minimum atomic E-state index is -0.835. The predicted octanol–water partition coefficient (Wildman–Crippen LogP) is 8.41. The highest BCUT2D eigenvalue weighted by Crippen LogP contribution is 2.67. The number of rotatable bonds is 13. The number of hydrogen-bond donors (Lipinski definition) is 2. The molecule has 10 aliphatic rings. The number of alkyl carbamates (subject to hydrolysis) is 1. The lowest BCUT2D eigenvalue weighted by molar-refractivity contribution is -0.199. The van der Waals surface area contributed by atoms with Gasteiger partial charge in [-0.1, -0.05) is 109 Å². The van der Waals surface area contributed by atoms with Crippen LogP contribution in [0.25, 0.3) is 0 Å². The highest BCUT2D eigenvalue weighted by Gasteiger charge is 2.69. The Labute approximate surface area is 433 Å². The van der Waals surface area contributed by atoms with E-state index in [0.717, 1.165) is 43.6 Å². The SMILES string of the molecule is C.C=CC(=O)N1CC[C@H]1COC(=O)Cl.C=CC(=O)N1CC[C@H]1COC(=O)N[C@@H](Cc1ccccc1)B1O[C@@H]2C[C@@H]3C[C@@H](C3(C)C)[C@]2(C)O1.CC1(C)[C@@H]2C[C@H]3OB([C@@H](N)Cc4ccccc4)O[C@@]3(C)[C@H]1C2.Cl. The zero-order valence-electron chi connectivity index (χ0n) is 41.6. The van der Waals surface area contributed by atoms with E-state index in [9.17, 15) is 19.2 Å². The number of carbonyl (C=O) groups excluding carboxylic acids is 4. The number of carbonyl (C=O) groups is 4. The van der Waals surface area contributed by atoms with Gasteiger partial charge in [-0.3, -0.25) is 9.59 Å². The largest absolute Gasteiger partial charge is 0.482 e. The predicted molar refractivity (Wildman–Crippen MR) is 279 cm³/mol. The fourth-order valence-corrected chi connectivity index (χ4v) is 12.9. The van der Waals surface area contributed by atoms with E-state index < -0.39 is 18.6 Å². The maximum Gasteiger partial charge on any atom is 0.482 e. The highest BCUT2D eigenvalue weighted by atomic mass is 35.5. The summed E-state index contributed by atoms with van der Waals surface area (Å²) in [7, 11) is -0.814. The van der Waals surface area contributed by atoms with Crippen molar-refractivity contribution < 1.29 is 47.3 Å². The van der Waals surface area contributed by atoms with E-state index in [0.29, 0.717) is 42.7 Å². The van der Waals surface area contributed by atoms with Gasteiger partial charge in [0.1, 0.15) is 13.2 Å². The Morgan fingerprint density at radius 1 is 0.732 bits per heavy atom. The van der Waals surface area contributed by atoms with Gasteiger partial charge in [0, 0.05) is 30.6 Å². The summed E-state index contributed by atoms with van der Waals surface area (Å²) in [6.07, 6.45) is 9.87.